The fourth-order valence-corrected chi connectivity index (χ4v) is 4.10. The number of carbonyl (C=O) groups is 4. The highest BCUT2D eigenvalue weighted by molar-refractivity contribution is 14.1. The van der Waals surface area contributed by atoms with Crippen LogP contribution in [0, 0.1) is 3.57 Å². The molecule has 1 aliphatic rings. The maximum atomic E-state index is 13.1. The number of nitrogens with zero attached hydrogens (tertiary/aromatic N) is 1. The Morgan fingerprint density at radius 3 is 2.44 bits per heavy atom. The van der Waals surface area contributed by atoms with Crippen LogP contribution in [0.1, 0.15) is 19.4 Å². The van der Waals surface area contributed by atoms with Crippen molar-refractivity contribution in [2.45, 2.75) is 13.8 Å². The molecule has 0 unspecified atom stereocenters. The van der Waals surface area contributed by atoms with E-state index >= 15 is 0 Å². The smallest absolute Gasteiger partial charge is 0.344 e. The van der Waals surface area contributed by atoms with Gasteiger partial charge in [0.1, 0.15) is 5.57 Å². The standard InChI is InChI=1S/C23H20BrIN2O7/c1-3-32-18-11-13(10-17(25)20(18)34-12-19(28)33-4-2)9-16-21(29)26-23(31)27(22(16)30)15-7-5-14(24)6-8-15/h5-11H,3-4,12H2,1-2H3,(H,26,29,31)/b16-9+. The van der Waals surface area contributed by atoms with E-state index in [1.165, 1.54) is 6.08 Å². The highest BCUT2D eigenvalue weighted by Gasteiger charge is 2.36. The Morgan fingerprint density at radius 2 is 1.79 bits per heavy atom. The molecule has 4 amide bonds. The number of anilines is 1. The number of benzene rings is 2. The summed E-state index contributed by atoms with van der Waals surface area (Å²) in [5, 5.41) is 2.19. The van der Waals surface area contributed by atoms with Crippen molar-refractivity contribution in [3.63, 3.8) is 0 Å². The monoisotopic (exact) mass is 642 g/mol. The molecule has 0 spiro atoms. The number of halogens is 2. The maximum absolute atomic E-state index is 13.1. The van der Waals surface area contributed by atoms with Crippen LogP contribution in [0.3, 0.4) is 0 Å². The predicted octanol–water partition coefficient (Wildman–Crippen LogP) is 4.06. The van der Waals surface area contributed by atoms with Gasteiger partial charge in [-0.3, -0.25) is 14.9 Å². The molecule has 9 nitrogen and oxygen atoms in total. The first kappa shape index (κ1) is 25.7. The first-order valence-electron chi connectivity index (χ1n) is 10.2. The minimum atomic E-state index is -0.832. The lowest BCUT2D eigenvalue weighted by Crippen LogP contribution is -2.54. The molecular formula is C23H20BrIN2O7. The van der Waals surface area contributed by atoms with Crippen LogP contribution in [0.4, 0.5) is 10.5 Å². The molecular weight excluding hydrogens is 623 g/mol. The van der Waals surface area contributed by atoms with Crippen molar-refractivity contribution in [1.82, 2.24) is 5.32 Å². The van der Waals surface area contributed by atoms with Crippen LogP contribution in [0.5, 0.6) is 11.5 Å². The minimum absolute atomic E-state index is 0.221. The van der Waals surface area contributed by atoms with Crippen LogP contribution in [0.2, 0.25) is 0 Å². The average molecular weight is 643 g/mol. The number of rotatable bonds is 8. The molecule has 1 N–H and O–H groups in total. The van der Waals surface area contributed by atoms with Gasteiger partial charge in [0.25, 0.3) is 11.8 Å². The number of esters is 1. The molecule has 1 heterocycles. The quantitative estimate of drug-likeness (QED) is 0.200. The fraction of sp³-hybridized carbons (Fsp3) is 0.217. The molecule has 178 valence electrons. The summed E-state index contributed by atoms with van der Waals surface area (Å²) in [6.45, 7) is 3.74. The number of nitrogens with one attached hydrogen (secondary N) is 1. The van der Waals surface area contributed by atoms with Crippen molar-refractivity contribution in [2.24, 2.45) is 0 Å². The Kier molecular flexibility index (Phi) is 8.67. The number of barbiturate groups is 1. The van der Waals surface area contributed by atoms with Crippen molar-refractivity contribution in [3.05, 3.63) is 55.6 Å². The summed E-state index contributed by atoms with van der Waals surface area (Å²) in [6.07, 6.45) is 1.37. The zero-order valence-corrected chi connectivity index (χ0v) is 22.0. The summed E-state index contributed by atoms with van der Waals surface area (Å²) in [6, 6.07) is 8.95. The topological polar surface area (TPSA) is 111 Å². The Balaban J connectivity index is 1.95. The molecule has 0 atom stereocenters. The number of hydrogen-bond donors (Lipinski definition) is 1. The van der Waals surface area contributed by atoms with E-state index in [9.17, 15) is 19.2 Å². The van der Waals surface area contributed by atoms with E-state index in [0.29, 0.717) is 32.9 Å². The SMILES string of the molecule is CCOC(=O)COc1c(I)cc(/C=C2\C(=O)NC(=O)N(c3ccc(Br)cc3)C2=O)cc1OCC. The Hall–Kier alpha value is -2.93. The minimum Gasteiger partial charge on any atom is -0.490 e. The van der Waals surface area contributed by atoms with Crippen LogP contribution in [0.25, 0.3) is 6.08 Å². The highest BCUT2D eigenvalue weighted by Crippen LogP contribution is 2.35. The molecule has 0 bridgehead atoms. The largest absolute Gasteiger partial charge is 0.490 e. The third-order valence-corrected chi connectivity index (χ3v) is 5.80. The molecule has 1 saturated heterocycles. The molecule has 0 radical (unpaired) electrons. The molecule has 1 aliphatic heterocycles. The molecule has 1 fully saturated rings. The molecule has 0 saturated carbocycles. The lowest BCUT2D eigenvalue weighted by Gasteiger charge is -2.26. The second kappa shape index (κ2) is 11.5. The molecule has 34 heavy (non-hydrogen) atoms. The van der Waals surface area contributed by atoms with Gasteiger partial charge in [0, 0.05) is 4.47 Å². The zero-order valence-electron chi connectivity index (χ0n) is 18.2. The number of imide groups is 2. The van der Waals surface area contributed by atoms with E-state index in [0.717, 1.165) is 9.37 Å². The van der Waals surface area contributed by atoms with Gasteiger partial charge in [-0.1, -0.05) is 15.9 Å². The van der Waals surface area contributed by atoms with Gasteiger partial charge in [-0.2, -0.15) is 0 Å². The van der Waals surface area contributed by atoms with Gasteiger partial charge in [0.05, 0.1) is 22.5 Å². The Morgan fingerprint density at radius 1 is 1.09 bits per heavy atom. The summed E-state index contributed by atoms with van der Waals surface area (Å²) >= 11 is 5.31. The highest BCUT2D eigenvalue weighted by atomic mass is 127. The first-order valence-corrected chi connectivity index (χ1v) is 12.0. The number of ether oxygens (including phenoxy) is 3. The average Bonchev–Trinajstić information content (AvgIpc) is 2.77. The van der Waals surface area contributed by atoms with E-state index in [1.54, 1.807) is 50.2 Å². The maximum Gasteiger partial charge on any atom is 0.344 e. The van der Waals surface area contributed by atoms with Gasteiger partial charge in [0.2, 0.25) is 0 Å². The van der Waals surface area contributed by atoms with Crippen molar-refractivity contribution in [1.29, 1.82) is 0 Å². The van der Waals surface area contributed by atoms with Crippen molar-refractivity contribution >= 4 is 74.1 Å². The Bertz CT molecular complexity index is 1160. The molecule has 11 heteroatoms. The summed E-state index contributed by atoms with van der Waals surface area (Å²) in [5.41, 5.74) is 0.567. The van der Waals surface area contributed by atoms with Crippen molar-refractivity contribution in [2.75, 3.05) is 24.7 Å². The molecule has 0 aromatic heterocycles. The summed E-state index contributed by atoms with van der Waals surface area (Å²) in [5.74, 6) is -1.42. The number of hydrogen-bond acceptors (Lipinski definition) is 7. The number of urea groups is 1. The van der Waals surface area contributed by atoms with Gasteiger partial charge in [-0.05, 0) is 84.5 Å². The van der Waals surface area contributed by atoms with Crippen molar-refractivity contribution < 1.29 is 33.4 Å². The second-order valence-electron chi connectivity index (χ2n) is 6.79. The molecule has 0 aliphatic carbocycles. The van der Waals surface area contributed by atoms with E-state index in [4.69, 9.17) is 14.2 Å². The second-order valence-corrected chi connectivity index (χ2v) is 8.87. The van der Waals surface area contributed by atoms with Crippen molar-refractivity contribution in [3.8, 4) is 11.5 Å². The fourth-order valence-electron chi connectivity index (χ4n) is 3.06. The summed E-state index contributed by atoms with van der Waals surface area (Å²) < 4.78 is 17.5. The number of amides is 4. The lowest BCUT2D eigenvalue weighted by molar-refractivity contribution is -0.145. The normalized spacial score (nSPS) is 14.8. The van der Waals surface area contributed by atoms with Gasteiger partial charge >= 0.3 is 12.0 Å². The van der Waals surface area contributed by atoms with Crippen LogP contribution < -0.4 is 19.7 Å². The zero-order chi connectivity index (χ0) is 24.8. The van der Waals surface area contributed by atoms with Crippen LogP contribution in [0.15, 0.2) is 46.4 Å². The third-order valence-electron chi connectivity index (χ3n) is 4.47. The van der Waals surface area contributed by atoms with E-state index in [2.05, 4.69) is 21.2 Å². The Labute approximate surface area is 217 Å². The van der Waals surface area contributed by atoms with E-state index in [-0.39, 0.29) is 18.8 Å². The van der Waals surface area contributed by atoms with Crippen LogP contribution in [-0.4, -0.2) is 43.6 Å². The number of carbonyl (C=O) groups excluding carboxylic acids is 4. The first-order chi connectivity index (χ1) is 16.2. The van der Waals surface area contributed by atoms with E-state index in [1.807, 2.05) is 22.6 Å². The summed E-state index contributed by atoms with van der Waals surface area (Å²) in [4.78, 5) is 50.5. The molecule has 3 rings (SSSR count). The van der Waals surface area contributed by atoms with Crippen LogP contribution >= 0.6 is 38.5 Å². The third kappa shape index (κ3) is 5.95. The molecule has 2 aromatic rings. The summed E-state index contributed by atoms with van der Waals surface area (Å²) in [7, 11) is 0. The molecule has 2 aromatic carbocycles. The lowest BCUT2D eigenvalue weighted by atomic mass is 10.1. The van der Waals surface area contributed by atoms with Gasteiger partial charge in [0.15, 0.2) is 18.1 Å². The van der Waals surface area contributed by atoms with Gasteiger partial charge in [-0.25, -0.2) is 14.5 Å². The van der Waals surface area contributed by atoms with Crippen LogP contribution in [-0.2, 0) is 19.1 Å². The van der Waals surface area contributed by atoms with Gasteiger partial charge in [-0.15, -0.1) is 0 Å². The van der Waals surface area contributed by atoms with E-state index < -0.39 is 23.8 Å². The predicted molar refractivity (Wildman–Crippen MR) is 136 cm³/mol. The van der Waals surface area contributed by atoms with Gasteiger partial charge < -0.3 is 14.2 Å².